The van der Waals surface area contributed by atoms with Crippen molar-refractivity contribution in [1.29, 1.82) is 0 Å². The summed E-state index contributed by atoms with van der Waals surface area (Å²) in [4.78, 5) is 4.37. The smallest absolute Gasteiger partial charge is 0.0955 e. The first-order valence-electron chi connectivity index (χ1n) is 6.14. The first kappa shape index (κ1) is 12.1. The number of hydrogen-bond donors (Lipinski definition) is 1. The van der Waals surface area contributed by atoms with Crippen molar-refractivity contribution in [3.8, 4) is 0 Å². The molecule has 0 unspecified atom stereocenters. The summed E-state index contributed by atoms with van der Waals surface area (Å²) in [6.07, 6.45) is 5.11. The maximum Gasteiger partial charge on any atom is 0.0955 e. The van der Waals surface area contributed by atoms with E-state index in [0.29, 0.717) is 0 Å². The largest absolute Gasteiger partial charge is 0.334 e. The lowest BCUT2D eigenvalue weighted by Gasteiger charge is -2.17. The van der Waals surface area contributed by atoms with Crippen LogP contribution in [0.3, 0.4) is 0 Å². The molecule has 17 heavy (non-hydrogen) atoms. The van der Waals surface area contributed by atoms with Crippen molar-refractivity contribution in [2.24, 2.45) is 12.8 Å². The van der Waals surface area contributed by atoms with Gasteiger partial charge in [-0.3, -0.25) is 0 Å². The second-order valence-corrected chi connectivity index (χ2v) is 5.52. The van der Waals surface area contributed by atoms with E-state index in [4.69, 9.17) is 5.73 Å². The van der Waals surface area contributed by atoms with Gasteiger partial charge in [0.2, 0.25) is 0 Å². The van der Waals surface area contributed by atoms with E-state index < -0.39 is 0 Å². The van der Waals surface area contributed by atoms with Crippen LogP contribution in [-0.4, -0.2) is 15.1 Å². The summed E-state index contributed by atoms with van der Waals surface area (Å²) < 4.78 is 2.04. The van der Waals surface area contributed by atoms with Gasteiger partial charge in [0.15, 0.2) is 0 Å². The third-order valence-electron chi connectivity index (χ3n) is 3.08. The first-order chi connectivity index (χ1) is 7.96. The van der Waals surface area contributed by atoms with Crippen molar-refractivity contribution < 1.29 is 0 Å². The summed E-state index contributed by atoms with van der Waals surface area (Å²) in [6.45, 7) is 4.16. The molecular formula is C14H21N3. The lowest BCUT2D eigenvalue weighted by atomic mass is 9.97. The average Bonchev–Trinajstić information content (AvgIpc) is 2.58. The maximum atomic E-state index is 5.98. The average molecular weight is 231 g/mol. The Morgan fingerprint density at radius 1 is 1.35 bits per heavy atom. The van der Waals surface area contributed by atoms with Gasteiger partial charge in [-0.2, -0.15) is 0 Å². The third-order valence-corrected chi connectivity index (χ3v) is 3.08. The molecule has 0 radical (unpaired) electrons. The van der Waals surface area contributed by atoms with Crippen molar-refractivity contribution >= 4 is 11.0 Å². The van der Waals surface area contributed by atoms with E-state index in [1.54, 1.807) is 0 Å². The van der Waals surface area contributed by atoms with Crippen LogP contribution in [0.25, 0.3) is 11.0 Å². The minimum absolute atomic E-state index is 0.0604. The van der Waals surface area contributed by atoms with E-state index in [9.17, 15) is 0 Å². The number of aromatic nitrogens is 2. The highest BCUT2D eigenvalue weighted by atomic mass is 15.0. The van der Waals surface area contributed by atoms with Gasteiger partial charge in [-0.1, -0.05) is 6.07 Å². The summed E-state index contributed by atoms with van der Waals surface area (Å²) in [5.74, 6) is 0. The maximum absolute atomic E-state index is 5.98. The molecule has 0 saturated heterocycles. The van der Waals surface area contributed by atoms with Crippen LogP contribution in [0.5, 0.6) is 0 Å². The molecule has 0 saturated carbocycles. The van der Waals surface area contributed by atoms with Crippen LogP contribution in [0.2, 0.25) is 0 Å². The summed E-state index contributed by atoms with van der Waals surface area (Å²) >= 11 is 0. The molecule has 0 spiro atoms. The molecule has 0 bridgehead atoms. The third kappa shape index (κ3) is 3.07. The lowest BCUT2D eigenvalue weighted by Crippen LogP contribution is -2.31. The lowest BCUT2D eigenvalue weighted by molar-refractivity contribution is 0.459. The molecule has 2 rings (SSSR count). The Bertz CT molecular complexity index is 506. The second-order valence-electron chi connectivity index (χ2n) is 5.52. The Hall–Kier alpha value is -1.35. The van der Waals surface area contributed by atoms with Crippen LogP contribution in [0, 0.1) is 0 Å². The number of imidazole rings is 1. The molecule has 92 valence electrons. The first-order valence-corrected chi connectivity index (χ1v) is 6.14. The number of hydrogen-bond acceptors (Lipinski definition) is 2. The highest BCUT2D eigenvalue weighted by molar-refractivity contribution is 5.75. The monoisotopic (exact) mass is 231 g/mol. The second kappa shape index (κ2) is 4.49. The summed E-state index contributed by atoms with van der Waals surface area (Å²) in [7, 11) is 2.02. The molecule has 0 aliphatic heterocycles. The predicted molar refractivity (Wildman–Crippen MR) is 71.9 cm³/mol. The molecule has 2 aromatic rings. The van der Waals surface area contributed by atoms with Crippen molar-refractivity contribution in [3.05, 3.63) is 30.1 Å². The summed E-state index contributed by atoms with van der Waals surface area (Å²) in [5, 5.41) is 0. The van der Waals surface area contributed by atoms with Gasteiger partial charge in [-0.25, -0.2) is 4.98 Å². The van der Waals surface area contributed by atoms with Crippen LogP contribution in [0.4, 0.5) is 0 Å². The Kier molecular flexibility index (Phi) is 3.20. The van der Waals surface area contributed by atoms with Gasteiger partial charge in [0.05, 0.1) is 17.4 Å². The molecule has 1 aromatic carbocycles. The number of benzene rings is 1. The fourth-order valence-corrected chi connectivity index (χ4v) is 2.09. The van der Waals surface area contributed by atoms with Gasteiger partial charge < -0.3 is 10.3 Å². The zero-order valence-electron chi connectivity index (χ0n) is 10.9. The Labute approximate surface area is 103 Å². The van der Waals surface area contributed by atoms with Crippen molar-refractivity contribution in [2.75, 3.05) is 0 Å². The number of nitrogens with two attached hydrogens (primary N) is 1. The number of aryl methyl sites for hydroxylation is 2. The van der Waals surface area contributed by atoms with Crippen LogP contribution in [-0.2, 0) is 13.5 Å². The molecular weight excluding hydrogens is 210 g/mol. The van der Waals surface area contributed by atoms with Crippen LogP contribution >= 0.6 is 0 Å². The van der Waals surface area contributed by atoms with Gasteiger partial charge >= 0.3 is 0 Å². The molecule has 0 aliphatic carbocycles. The zero-order chi connectivity index (χ0) is 12.5. The topological polar surface area (TPSA) is 43.8 Å². The molecule has 0 aliphatic rings. The van der Waals surface area contributed by atoms with Gasteiger partial charge in [-0.15, -0.1) is 0 Å². The summed E-state index contributed by atoms with van der Waals surface area (Å²) in [5.41, 5.74) is 9.53. The minimum Gasteiger partial charge on any atom is -0.334 e. The normalized spacial score (nSPS) is 12.2. The van der Waals surface area contributed by atoms with Crippen molar-refractivity contribution in [3.63, 3.8) is 0 Å². The predicted octanol–water partition coefficient (Wildman–Crippen LogP) is 2.63. The standard InChI is InChI=1S/C14H21N3/c1-14(2,15)8-4-5-11-6-7-13-12(9-11)16-10-17(13)3/h6-7,9-10H,4-5,8,15H2,1-3H3. The van der Waals surface area contributed by atoms with Crippen LogP contribution in [0.1, 0.15) is 32.3 Å². The molecule has 0 fully saturated rings. The highest BCUT2D eigenvalue weighted by Crippen LogP contribution is 2.17. The van der Waals surface area contributed by atoms with Gasteiger partial charge in [0.25, 0.3) is 0 Å². The number of fused-ring (bicyclic) bond motifs is 1. The van der Waals surface area contributed by atoms with Gasteiger partial charge in [-0.05, 0) is 50.8 Å². The Morgan fingerprint density at radius 3 is 2.82 bits per heavy atom. The van der Waals surface area contributed by atoms with Crippen molar-refractivity contribution in [2.45, 2.75) is 38.6 Å². The van der Waals surface area contributed by atoms with Crippen LogP contribution in [0.15, 0.2) is 24.5 Å². The van der Waals surface area contributed by atoms with Gasteiger partial charge in [0.1, 0.15) is 0 Å². The molecule has 3 nitrogen and oxygen atoms in total. The Balaban J connectivity index is 2.04. The minimum atomic E-state index is -0.0604. The van der Waals surface area contributed by atoms with E-state index in [-0.39, 0.29) is 5.54 Å². The SMILES string of the molecule is Cn1cnc2cc(CCCC(C)(C)N)ccc21. The molecule has 0 amide bonds. The molecule has 1 heterocycles. The van der Waals surface area contributed by atoms with E-state index in [0.717, 1.165) is 24.8 Å². The van der Waals surface area contributed by atoms with Crippen LogP contribution < -0.4 is 5.73 Å². The number of nitrogens with zero attached hydrogens (tertiary/aromatic N) is 2. The molecule has 3 heteroatoms. The fourth-order valence-electron chi connectivity index (χ4n) is 2.09. The highest BCUT2D eigenvalue weighted by Gasteiger charge is 2.09. The van der Waals surface area contributed by atoms with E-state index >= 15 is 0 Å². The van der Waals surface area contributed by atoms with E-state index in [1.165, 1.54) is 11.1 Å². The van der Waals surface area contributed by atoms with Crippen molar-refractivity contribution in [1.82, 2.24) is 9.55 Å². The van der Waals surface area contributed by atoms with E-state index in [2.05, 4.69) is 37.0 Å². The van der Waals surface area contributed by atoms with E-state index in [1.807, 2.05) is 17.9 Å². The molecule has 0 atom stereocenters. The summed E-state index contributed by atoms with van der Waals surface area (Å²) in [6, 6.07) is 6.51. The fraction of sp³-hybridized carbons (Fsp3) is 0.500. The number of rotatable bonds is 4. The Morgan fingerprint density at radius 2 is 2.12 bits per heavy atom. The van der Waals surface area contributed by atoms with Gasteiger partial charge in [0, 0.05) is 12.6 Å². The molecule has 1 aromatic heterocycles. The quantitative estimate of drug-likeness (QED) is 0.879. The zero-order valence-corrected chi connectivity index (χ0v) is 10.9. The molecule has 2 N–H and O–H groups in total.